The van der Waals surface area contributed by atoms with Gasteiger partial charge in [0.25, 0.3) is 5.91 Å². The van der Waals surface area contributed by atoms with E-state index in [4.69, 9.17) is 4.74 Å². The highest BCUT2D eigenvalue weighted by molar-refractivity contribution is 5.94. The number of carbonyl (C=O) groups excluding carboxylic acids is 1. The summed E-state index contributed by atoms with van der Waals surface area (Å²) in [4.78, 5) is 23.1. The van der Waals surface area contributed by atoms with E-state index in [2.05, 4.69) is 9.97 Å². The molecule has 0 aliphatic carbocycles. The van der Waals surface area contributed by atoms with E-state index in [0.29, 0.717) is 12.2 Å². The summed E-state index contributed by atoms with van der Waals surface area (Å²) in [5, 5.41) is 0. The fraction of sp³-hybridized carbons (Fsp3) is 0.250. The normalized spacial score (nSPS) is 12.0. The molecule has 6 heteroatoms. The molecule has 6 nitrogen and oxygen atoms in total. The first-order valence-electron chi connectivity index (χ1n) is 8.35. The SMILES string of the molecule is COCC(c1ccccn1)N(C)C(=O)c1ccc(-c2cncn2C)cc1. The molecule has 2 heterocycles. The lowest BCUT2D eigenvalue weighted by atomic mass is 10.1. The number of ether oxygens (including phenoxy) is 1. The molecule has 0 aliphatic heterocycles. The smallest absolute Gasteiger partial charge is 0.254 e. The summed E-state index contributed by atoms with van der Waals surface area (Å²) in [5.74, 6) is -0.0748. The van der Waals surface area contributed by atoms with E-state index in [-0.39, 0.29) is 11.9 Å². The lowest BCUT2D eigenvalue weighted by molar-refractivity contribution is 0.0595. The third kappa shape index (κ3) is 3.65. The number of amides is 1. The van der Waals surface area contributed by atoms with Crippen LogP contribution in [0.1, 0.15) is 22.1 Å². The number of likely N-dealkylation sites (N-methyl/N-ethyl adjacent to an activating group) is 1. The van der Waals surface area contributed by atoms with Gasteiger partial charge in [-0.2, -0.15) is 0 Å². The minimum atomic E-state index is -0.245. The van der Waals surface area contributed by atoms with Crippen LogP contribution in [0.15, 0.2) is 61.2 Å². The van der Waals surface area contributed by atoms with Crippen LogP contribution in [0.5, 0.6) is 0 Å². The Morgan fingerprint density at radius 3 is 2.58 bits per heavy atom. The van der Waals surface area contributed by atoms with E-state index < -0.39 is 0 Å². The van der Waals surface area contributed by atoms with Crippen LogP contribution in [0.4, 0.5) is 0 Å². The number of carbonyl (C=O) groups is 1. The summed E-state index contributed by atoms with van der Waals surface area (Å²) < 4.78 is 7.25. The highest BCUT2D eigenvalue weighted by Gasteiger charge is 2.23. The zero-order chi connectivity index (χ0) is 18.5. The molecule has 3 aromatic rings. The molecular formula is C20H22N4O2. The molecule has 0 spiro atoms. The zero-order valence-corrected chi connectivity index (χ0v) is 15.2. The molecule has 0 saturated heterocycles. The average Bonchev–Trinajstić information content (AvgIpc) is 3.12. The molecule has 1 amide bonds. The predicted octanol–water partition coefficient (Wildman–Crippen LogP) is 2.94. The number of benzene rings is 1. The largest absolute Gasteiger partial charge is 0.382 e. The quantitative estimate of drug-likeness (QED) is 0.686. The van der Waals surface area contributed by atoms with Crippen LogP contribution in [0, 0.1) is 0 Å². The van der Waals surface area contributed by atoms with Gasteiger partial charge in [0, 0.05) is 33.0 Å². The summed E-state index contributed by atoms with van der Waals surface area (Å²) in [5.41, 5.74) is 3.44. The molecule has 2 aromatic heterocycles. The number of methoxy groups -OCH3 is 1. The number of pyridine rings is 1. The van der Waals surface area contributed by atoms with Crippen molar-refractivity contribution in [1.29, 1.82) is 0 Å². The van der Waals surface area contributed by atoms with Crippen molar-refractivity contribution in [2.24, 2.45) is 7.05 Å². The second-order valence-corrected chi connectivity index (χ2v) is 6.11. The average molecular weight is 350 g/mol. The Morgan fingerprint density at radius 1 is 1.23 bits per heavy atom. The van der Waals surface area contributed by atoms with Crippen molar-refractivity contribution in [2.75, 3.05) is 20.8 Å². The van der Waals surface area contributed by atoms with E-state index in [1.165, 1.54) is 0 Å². The summed E-state index contributed by atoms with van der Waals surface area (Å²) in [6.07, 6.45) is 5.28. The lowest BCUT2D eigenvalue weighted by Gasteiger charge is -2.27. The maximum absolute atomic E-state index is 12.9. The molecular weight excluding hydrogens is 328 g/mol. The lowest BCUT2D eigenvalue weighted by Crippen LogP contribution is -2.34. The van der Waals surface area contributed by atoms with Gasteiger partial charge in [0.05, 0.1) is 36.6 Å². The van der Waals surface area contributed by atoms with Gasteiger partial charge in [-0.1, -0.05) is 18.2 Å². The molecule has 134 valence electrons. The number of imidazole rings is 1. The molecule has 0 N–H and O–H groups in total. The molecule has 0 bridgehead atoms. The molecule has 0 saturated carbocycles. The van der Waals surface area contributed by atoms with E-state index in [1.807, 2.05) is 54.1 Å². The monoisotopic (exact) mass is 350 g/mol. The van der Waals surface area contributed by atoms with Gasteiger partial charge in [0.15, 0.2) is 0 Å². The van der Waals surface area contributed by atoms with E-state index in [9.17, 15) is 4.79 Å². The first kappa shape index (κ1) is 17.8. The highest BCUT2D eigenvalue weighted by atomic mass is 16.5. The highest BCUT2D eigenvalue weighted by Crippen LogP contribution is 2.22. The molecule has 1 aromatic carbocycles. The maximum Gasteiger partial charge on any atom is 0.254 e. The molecule has 1 unspecified atom stereocenters. The van der Waals surface area contributed by atoms with Crippen molar-refractivity contribution in [2.45, 2.75) is 6.04 Å². The number of hydrogen-bond acceptors (Lipinski definition) is 4. The first-order valence-corrected chi connectivity index (χ1v) is 8.35. The van der Waals surface area contributed by atoms with Crippen molar-refractivity contribution in [1.82, 2.24) is 19.4 Å². The van der Waals surface area contributed by atoms with Crippen LogP contribution >= 0.6 is 0 Å². The fourth-order valence-corrected chi connectivity index (χ4v) is 2.89. The number of rotatable bonds is 6. The van der Waals surface area contributed by atoms with Crippen LogP contribution < -0.4 is 0 Å². The Hall–Kier alpha value is -2.99. The van der Waals surface area contributed by atoms with Crippen LogP contribution in [-0.4, -0.2) is 46.1 Å². The zero-order valence-electron chi connectivity index (χ0n) is 15.2. The van der Waals surface area contributed by atoms with Crippen LogP contribution in [0.3, 0.4) is 0 Å². The number of aromatic nitrogens is 3. The molecule has 3 rings (SSSR count). The Bertz CT molecular complexity index is 859. The van der Waals surface area contributed by atoms with Crippen LogP contribution in [0.25, 0.3) is 11.3 Å². The number of nitrogens with zero attached hydrogens (tertiary/aromatic N) is 4. The molecule has 0 radical (unpaired) electrons. The van der Waals surface area contributed by atoms with E-state index in [1.54, 1.807) is 37.8 Å². The number of hydrogen-bond donors (Lipinski definition) is 0. The molecule has 0 aliphatic rings. The van der Waals surface area contributed by atoms with Crippen molar-refractivity contribution >= 4 is 5.91 Å². The second-order valence-electron chi connectivity index (χ2n) is 6.11. The van der Waals surface area contributed by atoms with E-state index in [0.717, 1.165) is 17.0 Å². The molecule has 26 heavy (non-hydrogen) atoms. The minimum absolute atomic E-state index is 0.0748. The van der Waals surface area contributed by atoms with Gasteiger partial charge >= 0.3 is 0 Å². The van der Waals surface area contributed by atoms with Crippen LogP contribution in [-0.2, 0) is 11.8 Å². The van der Waals surface area contributed by atoms with Gasteiger partial charge in [-0.25, -0.2) is 4.98 Å². The van der Waals surface area contributed by atoms with Gasteiger partial charge in [0.2, 0.25) is 0 Å². The van der Waals surface area contributed by atoms with Crippen molar-refractivity contribution in [3.8, 4) is 11.3 Å². The topological polar surface area (TPSA) is 60.2 Å². The Balaban J connectivity index is 1.82. The van der Waals surface area contributed by atoms with Crippen molar-refractivity contribution in [3.05, 3.63) is 72.4 Å². The summed E-state index contributed by atoms with van der Waals surface area (Å²) in [6.45, 7) is 0.381. The second kappa shape index (κ2) is 7.93. The molecule has 1 atom stereocenters. The summed E-state index contributed by atoms with van der Waals surface area (Å²) in [6, 6.07) is 13.0. The van der Waals surface area contributed by atoms with Crippen molar-refractivity contribution < 1.29 is 9.53 Å². The number of aryl methyl sites for hydroxylation is 1. The predicted molar refractivity (Wildman–Crippen MR) is 99.6 cm³/mol. The Morgan fingerprint density at radius 2 is 2.00 bits per heavy atom. The van der Waals surface area contributed by atoms with Gasteiger partial charge in [-0.05, 0) is 29.8 Å². The summed E-state index contributed by atoms with van der Waals surface area (Å²) >= 11 is 0. The third-order valence-corrected chi connectivity index (χ3v) is 4.39. The Labute approximate surface area is 153 Å². The van der Waals surface area contributed by atoms with Gasteiger partial charge in [0.1, 0.15) is 0 Å². The summed E-state index contributed by atoms with van der Waals surface area (Å²) in [7, 11) is 5.34. The van der Waals surface area contributed by atoms with Gasteiger partial charge < -0.3 is 14.2 Å². The standard InChI is InChI=1S/C20H22N4O2/c1-23-14-21-12-18(23)15-7-9-16(10-8-15)20(25)24(2)19(13-26-3)17-6-4-5-11-22-17/h4-12,14,19H,13H2,1-3H3. The maximum atomic E-state index is 12.9. The minimum Gasteiger partial charge on any atom is -0.382 e. The molecule has 0 fully saturated rings. The van der Waals surface area contributed by atoms with E-state index >= 15 is 0 Å². The Kier molecular flexibility index (Phi) is 5.43. The fourth-order valence-electron chi connectivity index (χ4n) is 2.89. The first-order chi connectivity index (χ1) is 12.6. The van der Waals surface area contributed by atoms with Gasteiger partial charge in [-0.15, -0.1) is 0 Å². The van der Waals surface area contributed by atoms with Crippen LogP contribution in [0.2, 0.25) is 0 Å². The van der Waals surface area contributed by atoms with Crippen molar-refractivity contribution in [3.63, 3.8) is 0 Å². The van der Waals surface area contributed by atoms with Gasteiger partial charge in [-0.3, -0.25) is 9.78 Å². The third-order valence-electron chi connectivity index (χ3n) is 4.39.